The number of carbonyl (C=O) groups is 1. The summed E-state index contributed by atoms with van der Waals surface area (Å²) in [5, 5.41) is 24.9. The molecule has 6 N–H and O–H groups in total. The van der Waals surface area contributed by atoms with Crippen LogP contribution in [0.5, 0.6) is 0 Å². The van der Waals surface area contributed by atoms with Crippen LogP contribution >= 0.6 is 0 Å². The quantitative estimate of drug-likeness (QED) is 0.118. The van der Waals surface area contributed by atoms with Crippen LogP contribution in [0.4, 0.5) is 34.1 Å². The minimum atomic E-state index is -4.92. The first-order valence-corrected chi connectivity index (χ1v) is 14.1. The standard InChI is InChI=1S/C25H20N6O7S2/c26-22-19(30-28-17-11-5-4-10-16(17)25(32)33)14-21(40(36,37)38)23(27)24(22)31-29-18-12-6-7-13-20(18)39(34,35)15-8-2-1-3-9-15/h1-14H,26-27H2,(H,32,33)(H,36,37,38). The van der Waals surface area contributed by atoms with Gasteiger partial charge < -0.3 is 16.6 Å². The molecule has 0 spiro atoms. The monoisotopic (exact) mass is 580 g/mol. The molecule has 4 aromatic carbocycles. The Kier molecular flexibility index (Phi) is 7.72. The summed E-state index contributed by atoms with van der Waals surface area (Å²) in [5.41, 5.74) is 10.0. The van der Waals surface area contributed by atoms with Crippen molar-refractivity contribution in [3.63, 3.8) is 0 Å². The number of nitrogens with two attached hydrogens (primary N) is 2. The Morgan fingerprint density at radius 2 is 1.20 bits per heavy atom. The zero-order valence-electron chi connectivity index (χ0n) is 20.3. The summed E-state index contributed by atoms with van der Waals surface area (Å²) in [6.45, 7) is 0. The van der Waals surface area contributed by atoms with Crippen molar-refractivity contribution >= 4 is 60.0 Å². The SMILES string of the molecule is Nc1c(N=Nc2ccccc2C(=O)O)cc(S(=O)(=O)O)c(N)c1N=Nc1ccccc1S(=O)(=O)c1ccccc1. The lowest BCUT2D eigenvalue weighted by molar-refractivity contribution is 0.0697. The number of hydrogen-bond acceptors (Lipinski definition) is 11. The van der Waals surface area contributed by atoms with Crippen LogP contribution < -0.4 is 11.5 Å². The lowest BCUT2D eigenvalue weighted by Gasteiger charge is -2.11. The number of nitrogen functional groups attached to an aromatic ring is 2. The van der Waals surface area contributed by atoms with Gasteiger partial charge in [-0.05, 0) is 42.5 Å². The smallest absolute Gasteiger partial charge is 0.337 e. The van der Waals surface area contributed by atoms with Crippen molar-refractivity contribution in [1.82, 2.24) is 0 Å². The molecule has 4 rings (SSSR count). The number of sulfone groups is 1. The fraction of sp³-hybridized carbons (Fsp3) is 0. The third-order valence-corrected chi connectivity index (χ3v) is 8.17. The van der Waals surface area contributed by atoms with Gasteiger partial charge >= 0.3 is 5.97 Å². The van der Waals surface area contributed by atoms with Crippen LogP contribution in [0.15, 0.2) is 120 Å². The summed E-state index contributed by atoms with van der Waals surface area (Å²) in [5.74, 6) is -1.28. The second kappa shape index (κ2) is 11.0. The van der Waals surface area contributed by atoms with E-state index in [2.05, 4.69) is 20.5 Å². The molecule has 40 heavy (non-hydrogen) atoms. The Morgan fingerprint density at radius 3 is 1.85 bits per heavy atom. The molecule has 0 aromatic heterocycles. The molecule has 0 saturated carbocycles. The normalized spacial score (nSPS) is 12.2. The molecule has 204 valence electrons. The largest absolute Gasteiger partial charge is 0.478 e. The van der Waals surface area contributed by atoms with Gasteiger partial charge in [0.2, 0.25) is 9.84 Å². The number of aromatic carboxylic acids is 1. The van der Waals surface area contributed by atoms with E-state index >= 15 is 0 Å². The molecule has 0 radical (unpaired) electrons. The number of anilines is 2. The zero-order valence-corrected chi connectivity index (χ0v) is 21.9. The van der Waals surface area contributed by atoms with Gasteiger partial charge in [0.05, 0.1) is 26.7 Å². The third-order valence-electron chi connectivity index (χ3n) is 5.46. The average Bonchev–Trinajstić information content (AvgIpc) is 2.92. The van der Waals surface area contributed by atoms with Crippen LogP contribution in [0.25, 0.3) is 0 Å². The minimum Gasteiger partial charge on any atom is -0.478 e. The summed E-state index contributed by atoms with van der Waals surface area (Å²) in [6, 6.07) is 19.7. The highest BCUT2D eigenvalue weighted by Crippen LogP contribution is 2.43. The van der Waals surface area contributed by atoms with Gasteiger partial charge in [0.1, 0.15) is 27.6 Å². The van der Waals surface area contributed by atoms with Crippen molar-refractivity contribution in [2.24, 2.45) is 20.5 Å². The van der Waals surface area contributed by atoms with E-state index in [1.807, 2.05) is 0 Å². The molecule has 0 atom stereocenters. The number of carboxylic acids is 1. The fourth-order valence-electron chi connectivity index (χ4n) is 3.51. The number of rotatable bonds is 8. The Bertz CT molecular complexity index is 1890. The summed E-state index contributed by atoms with van der Waals surface area (Å²) in [7, 11) is -8.94. The van der Waals surface area contributed by atoms with Gasteiger partial charge in [-0.25, -0.2) is 13.2 Å². The molecule has 0 unspecified atom stereocenters. The van der Waals surface area contributed by atoms with E-state index in [0.29, 0.717) is 0 Å². The number of azo groups is 2. The Balaban J connectivity index is 1.85. The zero-order chi connectivity index (χ0) is 29.1. The topological polar surface area (TPSA) is 227 Å². The van der Waals surface area contributed by atoms with Crippen molar-refractivity contribution < 1.29 is 31.3 Å². The summed E-state index contributed by atoms with van der Waals surface area (Å²) >= 11 is 0. The number of benzene rings is 4. The summed E-state index contributed by atoms with van der Waals surface area (Å²) < 4.78 is 60.2. The van der Waals surface area contributed by atoms with Crippen LogP contribution in [0, 0.1) is 0 Å². The van der Waals surface area contributed by atoms with Crippen molar-refractivity contribution in [3.8, 4) is 0 Å². The first-order chi connectivity index (χ1) is 18.9. The lowest BCUT2D eigenvalue weighted by atomic mass is 10.2. The van der Waals surface area contributed by atoms with Crippen LogP contribution in [-0.2, 0) is 20.0 Å². The Morgan fingerprint density at radius 1 is 0.650 bits per heavy atom. The summed E-state index contributed by atoms with van der Waals surface area (Å²) in [6.07, 6.45) is 0. The van der Waals surface area contributed by atoms with E-state index < -0.39 is 42.2 Å². The molecule has 0 saturated heterocycles. The molecule has 0 aliphatic heterocycles. The van der Waals surface area contributed by atoms with Crippen molar-refractivity contribution in [3.05, 3.63) is 90.5 Å². The van der Waals surface area contributed by atoms with Gasteiger partial charge in [-0.2, -0.15) is 8.42 Å². The van der Waals surface area contributed by atoms with E-state index in [9.17, 15) is 31.3 Å². The molecule has 0 bridgehead atoms. The molecule has 4 aromatic rings. The summed E-state index contributed by atoms with van der Waals surface area (Å²) in [4.78, 5) is 10.5. The average molecular weight is 581 g/mol. The van der Waals surface area contributed by atoms with Crippen LogP contribution in [0.3, 0.4) is 0 Å². The first kappa shape index (κ1) is 28.0. The van der Waals surface area contributed by atoms with Gasteiger partial charge in [0.15, 0.2) is 0 Å². The van der Waals surface area contributed by atoms with Gasteiger partial charge in [0.25, 0.3) is 10.1 Å². The van der Waals surface area contributed by atoms with Gasteiger partial charge in [-0.15, -0.1) is 20.5 Å². The number of carboxylic acid groups (broad SMARTS) is 1. The maximum atomic E-state index is 13.2. The van der Waals surface area contributed by atoms with Crippen molar-refractivity contribution in [1.29, 1.82) is 0 Å². The van der Waals surface area contributed by atoms with E-state index in [4.69, 9.17) is 11.5 Å². The van der Waals surface area contributed by atoms with E-state index in [-0.39, 0.29) is 38.1 Å². The van der Waals surface area contributed by atoms with E-state index in [0.717, 1.165) is 6.07 Å². The van der Waals surface area contributed by atoms with Crippen LogP contribution in [-0.4, -0.2) is 32.5 Å². The molecule has 0 amide bonds. The number of nitrogens with zero attached hydrogens (tertiary/aromatic N) is 4. The molecule has 0 heterocycles. The van der Waals surface area contributed by atoms with Crippen LogP contribution in [0.1, 0.15) is 10.4 Å². The molecular weight excluding hydrogens is 560 g/mol. The maximum absolute atomic E-state index is 13.2. The predicted molar refractivity (Wildman–Crippen MR) is 145 cm³/mol. The highest BCUT2D eigenvalue weighted by Gasteiger charge is 2.24. The maximum Gasteiger partial charge on any atom is 0.337 e. The Labute approximate surface area is 228 Å². The molecule has 0 aliphatic rings. The second-order valence-electron chi connectivity index (χ2n) is 8.05. The second-order valence-corrected chi connectivity index (χ2v) is 11.4. The third kappa shape index (κ3) is 5.70. The minimum absolute atomic E-state index is 0.00869. The van der Waals surface area contributed by atoms with Gasteiger partial charge in [-0.3, -0.25) is 4.55 Å². The highest BCUT2D eigenvalue weighted by molar-refractivity contribution is 7.91. The van der Waals surface area contributed by atoms with Crippen molar-refractivity contribution in [2.45, 2.75) is 14.7 Å². The lowest BCUT2D eigenvalue weighted by Crippen LogP contribution is -2.05. The van der Waals surface area contributed by atoms with E-state index in [1.165, 1.54) is 60.7 Å². The van der Waals surface area contributed by atoms with Crippen LogP contribution in [0.2, 0.25) is 0 Å². The predicted octanol–water partition coefficient (Wildman–Crippen LogP) is 5.46. The van der Waals surface area contributed by atoms with Crippen molar-refractivity contribution in [2.75, 3.05) is 11.5 Å². The molecular formula is C25H20N6O7S2. The molecule has 0 aliphatic carbocycles. The molecule has 13 nitrogen and oxygen atoms in total. The van der Waals surface area contributed by atoms with Gasteiger partial charge in [0, 0.05) is 0 Å². The van der Waals surface area contributed by atoms with Gasteiger partial charge in [-0.1, -0.05) is 42.5 Å². The molecule has 15 heteroatoms. The fourth-order valence-corrected chi connectivity index (χ4v) is 5.56. The van der Waals surface area contributed by atoms with E-state index in [1.54, 1.807) is 18.2 Å². The Hall–Kier alpha value is -4.99. The number of hydrogen-bond donors (Lipinski definition) is 4. The highest BCUT2D eigenvalue weighted by atomic mass is 32.2. The molecule has 0 fully saturated rings. The first-order valence-electron chi connectivity index (χ1n) is 11.2.